The second-order valence-corrected chi connectivity index (χ2v) is 4.10. The molecular formula is C14H16FN3O. The molecule has 1 aromatic heterocycles. The van der Waals surface area contributed by atoms with Crippen molar-refractivity contribution in [2.24, 2.45) is 0 Å². The Morgan fingerprint density at radius 2 is 1.89 bits per heavy atom. The second kappa shape index (κ2) is 6.80. The number of nitrogens with zero attached hydrogens (tertiary/aromatic N) is 2. The molecule has 0 saturated carbocycles. The quantitative estimate of drug-likeness (QED) is 0.812. The molecule has 100 valence electrons. The highest BCUT2D eigenvalue weighted by atomic mass is 19.1. The van der Waals surface area contributed by atoms with E-state index in [0.29, 0.717) is 18.2 Å². The Labute approximate surface area is 111 Å². The molecule has 1 N–H and O–H groups in total. The van der Waals surface area contributed by atoms with Crippen LogP contribution in [0.4, 0.5) is 4.39 Å². The van der Waals surface area contributed by atoms with E-state index in [9.17, 15) is 4.39 Å². The summed E-state index contributed by atoms with van der Waals surface area (Å²) in [6.07, 6.45) is 1.08. The summed E-state index contributed by atoms with van der Waals surface area (Å²) in [5.74, 6) is 0.634. The van der Waals surface area contributed by atoms with Crippen molar-refractivity contribution in [3.8, 4) is 11.6 Å². The van der Waals surface area contributed by atoms with E-state index >= 15 is 0 Å². The van der Waals surface area contributed by atoms with Crippen LogP contribution in [0.1, 0.15) is 19.0 Å². The maximum Gasteiger partial charge on any atom is 0.238 e. The Hall–Kier alpha value is -2.01. The molecule has 5 heteroatoms. The third-order valence-electron chi connectivity index (χ3n) is 2.46. The molecule has 1 heterocycles. The number of hydrogen-bond acceptors (Lipinski definition) is 4. The lowest BCUT2D eigenvalue weighted by Gasteiger charge is -2.05. The summed E-state index contributed by atoms with van der Waals surface area (Å²) in [6, 6.07) is 9.38. The van der Waals surface area contributed by atoms with Crippen LogP contribution in [0.5, 0.6) is 11.6 Å². The highest BCUT2D eigenvalue weighted by molar-refractivity contribution is 5.26. The molecule has 0 radical (unpaired) electrons. The Morgan fingerprint density at radius 1 is 1.11 bits per heavy atom. The number of rotatable bonds is 6. The van der Waals surface area contributed by atoms with Crippen molar-refractivity contribution in [3.63, 3.8) is 0 Å². The lowest BCUT2D eigenvalue weighted by Crippen LogP contribution is -2.15. The summed E-state index contributed by atoms with van der Waals surface area (Å²) in [6.45, 7) is 3.76. The molecule has 0 bridgehead atoms. The zero-order valence-electron chi connectivity index (χ0n) is 10.8. The third-order valence-corrected chi connectivity index (χ3v) is 2.46. The van der Waals surface area contributed by atoms with Gasteiger partial charge in [0.2, 0.25) is 5.88 Å². The SMILES string of the molecule is CCCNCc1ccc(Oc2ccc(F)cc2)nn1. The van der Waals surface area contributed by atoms with Crippen LogP contribution in [0, 0.1) is 5.82 Å². The van der Waals surface area contributed by atoms with E-state index in [2.05, 4.69) is 22.4 Å². The first-order valence-corrected chi connectivity index (χ1v) is 6.24. The van der Waals surface area contributed by atoms with Gasteiger partial charge in [-0.15, -0.1) is 5.10 Å². The largest absolute Gasteiger partial charge is 0.438 e. The second-order valence-electron chi connectivity index (χ2n) is 4.10. The minimum Gasteiger partial charge on any atom is -0.438 e. The van der Waals surface area contributed by atoms with Gasteiger partial charge in [0, 0.05) is 12.6 Å². The molecule has 0 fully saturated rings. The van der Waals surface area contributed by atoms with Gasteiger partial charge in [-0.1, -0.05) is 6.92 Å². The molecule has 19 heavy (non-hydrogen) atoms. The molecule has 0 amide bonds. The van der Waals surface area contributed by atoms with Crippen LogP contribution in [0.3, 0.4) is 0 Å². The number of ether oxygens (including phenoxy) is 1. The summed E-state index contributed by atoms with van der Waals surface area (Å²) >= 11 is 0. The van der Waals surface area contributed by atoms with Gasteiger partial charge in [0.25, 0.3) is 0 Å². The van der Waals surface area contributed by atoms with Crippen LogP contribution in [0.15, 0.2) is 36.4 Å². The van der Waals surface area contributed by atoms with Crippen molar-refractivity contribution >= 4 is 0 Å². The summed E-state index contributed by atoms with van der Waals surface area (Å²) in [7, 11) is 0. The Balaban J connectivity index is 1.92. The number of nitrogens with one attached hydrogen (secondary N) is 1. The zero-order chi connectivity index (χ0) is 13.5. The molecule has 2 rings (SSSR count). The van der Waals surface area contributed by atoms with Crippen LogP contribution in [0.2, 0.25) is 0 Å². The molecule has 0 unspecified atom stereocenters. The van der Waals surface area contributed by atoms with Crippen molar-refractivity contribution in [2.45, 2.75) is 19.9 Å². The Bertz CT molecular complexity index is 499. The van der Waals surface area contributed by atoms with E-state index in [1.165, 1.54) is 12.1 Å². The number of aromatic nitrogens is 2. The average Bonchev–Trinajstić information content (AvgIpc) is 2.44. The van der Waals surface area contributed by atoms with Crippen LogP contribution >= 0.6 is 0 Å². The van der Waals surface area contributed by atoms with Crippen LogP contribution in [-0.4, -0.2) is 16.7 Å². The highest BCUT2D eigenvalue weighted by Crippen LogP contribution is 2.18. The molecule has 0 aliphatic rings. The van der Waals surface area contributed by atoms with Crippen molar-refractivity contribution < 1.29 is 9.13 Å². The fraction of sp³-hybridized carbons (Fsp3) is 0.286. The van der Waals surface area contributed by atoms with Crippen molar-refractivity contribution in [1.29, 1.82) is 0 Å². The van der Waals surface area contributed by atoms with Crippen LogP contribution in [0.25, 0.3) is 0 Å². The first-order valence-electron chi connectivity index (χ1n) is 6.24. The molecule has 0 aliphatic heterocycles. The van der Waals surface area contributed by atoms with E-state index in [4.69, 9.17) is 4.74 Å². The van der Waals surface area contributed by atoms with Gasteiger partial charge in [-0.2, -0.15) is 5.10 Å². The number of halogens is 1. The minimum atomic E-state index is -0.296. The third kappa shape index (κ3) is 4.30. The summed E-state index contributed by atoms with van der Waals surface area (Å²) in [4.78, 5) is 0. The molecule has 1 aromatic carbocycles. The fourth-order valence-corrected chi connectivity index (χ4v) is 1.51. The smallest absolute Gasteiger partial charge is 0.238 e. The number of hydrogen-bond donors (Lipinski definition) is 1. The zero-order valence-corrected chi connectivity index (χ0v) is 10.8. The lowest BCUT2D eigenvalue weighted by molar-refractivity contribution is 0.451. The molecular weight excluding hydrogens is 245 g/mol. The minimum absolute atomic E-state index is 0.296. The fourth-order valence-electron chi connectivity index (χ4n) is 1.51. The van der Waals surface area contributed by atoms with Gasteiger partial charge in [-0.3, -0.25) is 0 Å². The first-order chi connectivity index (χ1) is 9.28. The van der Waals surface area contributed by atoms with E-state index in [1.807, 2.05) is 6.07 Å². The normalized spacial score (nSPS) is 10.4. The van der Waals surface area contributed by atoms with Gasteiger partial charge in [-0.05, 0) is 43.3 Å². The first kappa shape index (κ1) is 13.4. The molecule has 0 spiro atoms. The summed E-state index contributed by atoms with van der Waals surface area (Å²) < 4.78 is 18.2. The van der Waals surface area contributed by atoms with Gasteiger partial charge in [-0.25, -0.2) is 4.39 Å². The predicted octanol–water partition coefficient (Wildman–Crippen LogP) is 2.91. The predicted molar refractivity (Wildman–Crippen MR) is 70.5 cm³/mol. The van der Waals surface area contributed by atoms with E-state index in [0.717, 1.165) is 18.7 Å². The molecule has 0 atom stereocenters. The van der Waals surface area contributed by atoms with Crippen molar-refractivity contribution in [2.75, 3.05) is 6.54 Å². The van der Waals surface area contributed by atoms with Gasteiger partial charge < -0.3 is 10.1 Å². The Morgan fingerprint density at radius 3 is 2.53 bits per heavy atom. The average molecular weight is 261 g/mol. The topological polar surface area (TPSA) is 47.0 Å². The van der Waals surface area contributed by atoms with Crippen molar-refractivity contribution in [1.82, 2.24) is 15.5 Å². The molecule has 0 saturated heterocycles. The van der Waals surface area contributed by atoms with E-state index in [1.54, 1.807) is 18.2 Å². The van der Waals surface area contributed by atoms with Crippen LogP contribution < -0.4 is 10.1 Å². The number of benzene rings is 1. The summed E-state index contributed by atoms with van der Waals surface area (Å²) in [5.41, 5.74) is 0.861. The Kier molecular flexibility index (Phi) is 4.80. The summed E-state index contributed by atoms with van der Waals surface area (Å²) in [5, 5.41) is 11.3. The highest BCUT2D eigenvalue weighted by Gasteiger charge is 2.01. The van der Waals surface area contributed by atoms with Gasteiger partial charge in [0.15, 0.2) is 0 Å². The van der Waals surface area contributed by atoms with E-state index < -0.39 is 0 Å². The maximum atomic E-state index is 12.7. The van der Waals surface area contributed by atoms with E-state index in [-0.39, 0.29) is 5.82 Å². The maximum absolute atomic E-state index is 12.7. The molecule has 2 aromatic rings. The van der Waals surface area contributed by atoms with Gasteiger partial charge in [0.05, 0.1) is 5.69 Å². The molecule has 0 aliphatic carbocycles. The van der Waals surface area contributed by atoms with Crippen molar-refractivity contribution in [3.05, 3.63) is 47.9 Å². The monoisotopic (exact) mass is 261 g/mol. The van der Waals surface area contributed by atoms with Gasteiger partial charge in [0.1, 0.15) is 11.6 Å². The molecule has 4 nitrogen and oxygen atoms in total. The lowest BCUT2D eigenvalue weighted by atomic mass is 10.3. The van der Waals surface area contributed by atoms with Gasteiger partial charge >= 0.3 is 0 Å². The van der Waals surface area contributed by atoms with Crippen LogP contribution in [-0.2, 0) is 6.54 Å². The standard InChI is InChI=1S/C14H16FN3O/c1-2-9-16-10-12-5-8-14(18-17-12)19-13-6-3-11(15)4-7-13/h3-8,16H,2,9-10H2,1H3.